The highest BCUT2D eigenvalue weighted by atomic mass is 127. The highest BCUT2D eigenvalue weighted by molar-refractivity contribution is 14.1. The van der Waals surface area contributed by atoms with Crippen LogP contribution in [0.4, 0.5) is 23.4 Å². The maximum Gasteiger partial charge on any atom is 0.479 e. The Bertz CT molecular complexity index is 2090. The fourth-order valence-corrected chi connectivity index (χ4v) is 10.8. The monoisotopic (exact) mass is 948 g/mol. The number of aliphatic hydroxyl groups excluding tert-OH is 3. The average molecular weight is 948 g/mol. The molecule has 0 saturated carbocycles. The normalized spacial score (nSPS) is 29.5. The van der Waals surface area contributed by atoms with Gasteiger partial charge in [-0.2, -0.15) is 9.97 Å². The van der Waals surface area contributed by atoms with Gasteiger partial charge in [-0.15, -0.1) is 0 Å². The van der Waals surface area contributed by atoms with Gasteiger partial charge in [-0.1, -0.05) is 0 Å². The van der Waals surface area contributed by atoms with Gasteiger partial charge in [-0.3, -0.25) is 33.2 Å². The van der Waals surface area contributed by atoms with E-state index in [1.54, 1.807) is 22.9 Å². The lowest BCUT2D eigenvalue weighted by atomic mass is 10.1. The van der Waals surface area contributed by atoms with Crippen molar-refractivity contribution in [2.45, 2.75) is 49.1 Å². The molecule has 3 aromatic rings. The summed E-state index contributed by atoms with van der Waals surface area (Å²) in [5.74, 6) is -0.534. The van der Waals surface area contributed by atoms with Crippen LogP contribution in [0.15, 0.2) is 15.9 Å². The van der Waals surface area contributed by atoms with Crippen molar-refractivity contribution >= 4 is 91.6 Å². The van der Waals surface area contributed by atoms with Crippen LogP contribution in [-0.2, 0) is 52.8 Å². The summed E-state index contributed by atoms with van der Waals surface area (Å²) in [5, 5.41) is 31.9. The maximum atomic E-state index is 12.7. The Labute approximate surface area is 314 Å². The number of ether oxygens (including phenoxy) is 3. The minimum Gasteiger partial charge on any atom is -0.387 e. The van der Waals surface area contributed by atoms with Crippen LogP contribution < -0.4 is 31.0 Å². The van der Waals surface area contributed by atoms with Crippen molar-refractivity contribution < 1.29 is 71.0 Å². The Kier molecular flexibility index (Phi) is 12.7. The number of nitrogens with one attached hydrogen (secondary N) is 3. The van der Waals surface area contributed by atoms with Crippen LogP contribution in [0.2, 0.25) is 0 Å². The summed E-state index contributed by atoms with van der Waals surface area (Å²) in [5.41, 5.74) is 9.59. The number of likely N-dealkylation sites (N-methyl/N-ethyl adjacent to an activating group) is 1. The lowest BCUT2D eigenvalue weighted by Gasteiger charge is -2.30. The first-order chi connectivity index (χ1) is 24.7. The second-order valence-corrected chi connectivity index (χ2v) is 17.7. The van der Waals surface area contributed by atoms with E-state index >= 15 is 0 Å². The van der Waals surface area contributed by atoms with Gasteiger partial charge < -0.3 is 64.1 Å². The fraction of sp³-hybridized carbons (Fsp3) is 0.571. The molecule has 2 aliphatic heterocycles. The summed E-state index contributed by atoms with van der Waals surface area (Å²) in [6.07, 6.45) is -10.7. The third-order valence-electron chi connectivity index (χ3n) is 7.59. The summed E-state index contributed by atoms with van der Waals surface area (Å²) in [6.45, 7) is -7.05. The van der Waals surface area contributed by atoms with Gasteiger partial charge in [-0.25, -0.2) is 22.7 Å². The van der Waals surface area contributed by atoms with Crippen LogP contribution in [0.5, 0.6) is 0 Å². The first-order valence-electron chi connectivity index (χ1n) is 14.5. The molecule has 0 aliphatic carbocycles. The van der Waals surface area contributed by atoms with Crippen molar-refractivity contribution in [3.8, 4) is 0 Å². The highest BCUT2D eigenvalue weighted by Gasteiger charge is 2.49. The number of hydrogen-bond acceptors (Lipinski definition) is 22. The lowest BCUT2D eigenvalue weighted by molar-refractivity contribution is -0.0502. The number of halogens is 1. The summed E-state index contributed by atoms with van der Waals surface area (Å²) < 4.78 is 64.1. The van der Waals surface area contributed by atoms with Crippen LogP contribution in [0.1, 0.15) is 6.23 Å². The van der Waals surface area contributed by atoms with E-state index in [0.29, 0.717) is 0 Å². The summed E-state index contributed by atoms with van der Waals surface area (Å²) >= 11 is 6.28. The molecule has 27 nitrogen and oxygen atoms in total. The van der Waals surface area contributed by atoms with Crippen molar-refractivity contribution in [2.24, 2.45) is 0 Å². The van der Waals surface area contributed by atoms with E-state index in [0.717, 1.165) is 10.9 Å². The van der Waals surface area contributed by atoms with E-state index < -0.39 is 95.8 Å². The van der Waals surface area contributed by atoms with E-state index in [9.17, 15) is 48.7 Å². The minimum absolute atomic E-state index is 0.0102. The number of hydrogen-bond donors (Lipinski definition) is 11. The molecule has 2 aliphatic rings. The Morgan fingerprint density at radius 1 is 0.981 bits per heavy atom. The fourth-order valence-electron chi connectivity index (χ4n) is 5.25. The van der Waals surface area contributed by atoms with E-state index in [4.69, 9.17) is 34.7 Å². The predicted molar refractivity (Wildman–Crippen MR) is 189 cm³/mol. The molecule has 0 spiro atoms. The number of aromatic amines is 2. The summed E-state index contributed by atoms with van der Waals surface area (Å²) in [7, 11) is -8.26. The number of aromatic nitrogens is 6. The van der Waals surface area contributed by atoms with E-state index in [1.165, 1.54) is 19.1 Å². The maximum absolute atomic E-state index is 12.7. The average Bonchev–Trinajstić information content (AvgIpc) is 3.70. The van der Waals surface area contributed by atoms with E-state index in [-0.39, 0.29) is 34.6 Å². The number of imidazole rings is 1. The molecule has 11 atom stereocenters. The van der Waals surface area contributed by atoms with Crippen LogP contribution in [0.25, 0.3) is 11.2 Å². The number of nitrogen functional groups attached to an aromatic ring is 2. The second-order valence-electron chi connectivity index (χ2n) is 11.1. The number of aliphatic hydroxyl groups is 3. The Morgan fingerprint density at radius 3 is 2.13 bits per heavy atom. The van der Waals surface area contributed by atoms with Gasteiger partial charge in [0.05, 0.1) is 42.4 Å². The standard InChI is InChI=1S/C21H32IN10O17P3S/c1-31(14-9(30-22)17(37)29-20(23)26-14)19-13(43-2)11(34)7(47-19)4-45-51(40,41)49-52(42,53)48-50(38,39)44-3-6-10(33)12(35)18(46-6)32-5-25-8-15(32)27-21(24)28-16(8)36/h5-7,10-13,18-19,30,33-35H,3-4H2,1-2H3,(H,38,39)(H,40,41)(H,42,53)(H3,23,26,29,37)(H3,24,27,28,36)/t6-,7-,10?,11?,12?,13?,18-,19-,52?/m1/s1. The predicted octanol–water partition coefficient (Wildman–Crippen LogP) is -2.53. The molecular weight excluding hydrogens is 916 g/mol. The van der Waals surface area contributed by atoms with Gasteiger partial charge in [-0.05, 0) is 11.8 Å². The van der Waals surface area contributed by atoms with Gasteiger partial charge in [0, 0.05) is 14.2 Å². The lowest BCUT2D eigenvalue weighted by Crippen LogP contribution is -2.44. The molecule has 32 heteroatoms. The van der Waals surface area contributed by atoms with Gasteiger partial charge >= 0.3 is 22.4 Å². The first kappa shape index (κ1) is 41.9. The molecule has 53 heavy (non-hydrogen) atoms. The highest BCUT2D eigenvalue weighted by Crippen LogP contribution is 2.68. The van der Waals surface area contributed by atoms with E-state index in [2.05, 4.69) is 48.9 Å². The Hall–Kier alpha value is -2.25. The number of methoxy groups -OCH3 is 1. The number of nitrogens with zero attached hydrogens (tertiary/aromatic N) is 5. The topological polar surface area (TPSA) is 397 Å². The number of fused-ring (bicyclic) bond motifs is 1. The van der Waals surface area contributed by atoms with Crippen LogP contribution in [0.3, 0.4) is 0 Å². The third kappa shape index (κ3) is 9.25. The largest absolute Gasteiger partial charge is 0.479 e. The molecule has 5 heterocycles. The molecular formula is C21H32IN10O17P3S. The third-order valence-corrected chi connectivity index (χ3v) is 13.6. The van der Waals surface area contributed by atoms with Crippen molar-refractivity contribution in [1.29, 1.82) is 0 Å². The zero-order chi connectivity index (χ0) is 39.2. The second kappa shape index (κ2) is 16.1. The van der Waals surface area contributed by atoms with Crippen LogP contribution in [0, 0.1) is 0 Å². The SMILES string of the molecule is COC1C(O)[C@@H](COP(=O)(O)OP(O)(=S)OP(=O)(O)OC[C@H]2O[C@@H](n3cnc4c(=O)[nH]c(N)nc43)C(O)C2O)O[C@H]1N(C)c1nc(N)[nH]c(=O)c1NI. The van der Waals surface area contributed by atoms with Crippen molar-refractivity contribution in [3.05, 3.63) is 27.0 Å². The van der Waals surface area contributed by atoms with Crippen LogP contribution >= 0.6 is 45.2 Å². The summed E-state index contributed by atoms with van der Waals surface area (Å²) in [4.78, 5) is 72.9. The van der Waals surface area contributed by atoms with Crippen LogP contribution in [-0.4, -0.2) is 130 Å². The smallest absolute Gasteiger partial charge is 0.387 e. The van der Waals surface area contributed by atoms with Crippen molar-refractivity contribution in [3.63, 3.8) is 0 Å². The number of nitrogens with two attached hydrogens (primary N) is 2. The molecule has 2 saturated heterocycles. The molecule has 0 radical (unpaired) electrons. The minimum atomic E-state index is -5.47. The quantitative estimate of drug-likeness (QED) is 0.0425. The zero-order valence-corrected chi connectivity index (χ0v) is 32.5. The van der Waals surface area contributed by atoms with Gasteiger partial charge in [0.15, 0.2) is 35.1 Å². The molecule has 7 unspecified atom stereocenters. The van der Waals surface area contributed by atoms with E-state index in [1.807, 2.05) is 0 Å². The van der Waals surface area contributed by atoms with Crippen molar-refractivity contribution in [1.82, 2.24) is 29.5 Å². The molecule has 2 fully saturated rings. The number of phosphoric acid groups is 2. The molecule has 5 rings (SSSR count). The number of phosphoric ester groups is 2. The van der Waals surface area contributed by atoms with Gasteiger partial charge in [0.25, 0.3) is 11.1 Å². The first-order valence-corrected chi connectivity index (χ1v) is 21.1. The number of anilines is 4. The Morgan fingerprint density at radius 2 is 1.55 bits per heavy atom. The molecule has 0 bridgehead atoms. The van der Waals surface area contributed by atoms with Gasteiger partial charge in [0.1, 0.15) is 36.6 Å². The molecule has 296 valence electrons. The molecule has 13 N–H and O–H groups in total. The van der Waals surface area contributed by atoms with Crippen molar-refractivity contribution in [2.75, 3.05) is 47.3 Å². The number of H-pyrrole nitrogens is 2. The van der Waals surface area contributed by atoms with Gasteiger partial charge in [0.2, 0.25) is 11.9 Å². The number of rotatable bonds is 15. The Balaban J connectivity index is 1.17. The summed E-state index contributed by atoms with van der Waals surface area (Å²) in [6, 6.07) is 0. The molecule has 0 amide bonds. The molecule has 3 aromatic heterocycles. The molecule has 0 aromatic carbocycles. The zero-order valence-electron chi connectivity index (χ0n) is 26.8.